The summed E-state index contributed by atoms with van der Waals surface area (Å²) in [5.74, 6) is 0.738. The second kappa shape index (κ2) is 10.6. The zero-order chi connectivity index (χ0) is 24.9. The van der Waals surface area contributed by atoms with Crippen LogP contribution in [-0.2, 0) is 17.6 Å². The van der Waals surface area contributed by atoms with Gasteiger partial charge < -0.3 is 28.7 Å². The van der Waals surface area contributed by atoms with Crippen molar-refractivity contribution in [1.82, 2.24) is 15.2 Å². The van der Waals surface area contributed by atoms with Crippen molar-refractivity contribution >= 4 is 11.6 Å². The molecule has 0 fully saturated rings. The van der Waals surface area contributed by atoms with Crippen molar-refractivity contribution in [3.8, 4) is 39.8 Å². The molecule has 0 radical (unpaired) electrons. The normalized spacial score (nSPS) is 11.0. The van der Waals surface area contributed by atoms with Crippen LogP contribution in [0.1, 0.15) is 17.1 Å². The fourth-order valence-corrected chi connectivity index (χ4v) is 3.92. The van der Waals surface area contributed by atoms with Gasteiger partial charge in [0.05, 0.1) is 38.4 Å². The average molecular weight is 498 g/mol. The van der Waals surface area contributed by atoms with E-state index in [2.05, 4.69) is 15.2 Å². The van der Waals surface area contributed by atoms with Crippen molar-refractivity contribution < 1.29 is 23.7 Å². The summed E-state index contributed by atoms with van der Waals surface area (Å²) >= 11 is 5.94. The van der Waals surface area contributed by atoms with Gasteiger partial charge in [-0.05, 0) is 29.8 Å². The molecule has 2 N–H and O–H groups in total. The molecule has 4 rings (SSSR count). The average Bonchev–Trinajstić information content (AvgIpc) is 3.31. The molecule has 0 saturated heterocycles. The number of nitrogens with one attached hydrogen (secondary N) is 1. The Balaban J connectivity index is 1.86. The minimum Gasteiger partial charge on any atom is -0.506 e. The number of rotatable bonds is 9. The summed E-state index contributed by atoms with van der Waals surface area (Å²) in [4.78, 5) is 15.9. The SMILES string of the molecule is COCCc1[nH]c(=O)c(-c2nnc(Cc3ccc(Cl)cc3)o2)c(O)c1-c1c(OC)cccc1OC. The van der Waals surface area contributed by atoms with Crippen LogP contribution in [0.25, 0.3) is 22.6 Å². The molecule has 0 spiro atoms. The summed E-state index contributed by atoms with van der Waals surface area (Å²) in [7, 11) is 4.58. The van der Waals surface area contributed by atoms with E-state index in [1.165, 1.54) is 14.2 Å². The molecule has 0 aliphatic rings. The third-order valence-electron chi connectivity index (χ3n) is 5.45. The third kappa shape index (κ3) is 5.01. The maximum absolute atomic E-state index is 13.1. The van der Waals surface area contributed by atoms with E-state index >= 15 is 0 Å². The fourth-order valence-electron chi connectivity index (χ4n) is 3.80. The van der Waals surface area contributed by atoms with Crippen LogP contribution in [0.4, 0.5) is 0 Å². The second-order valence-corrected chi connectivity index (χ2v) is 8.05. The van der Waals surface area contributed by atoms with Crippen LogP contribution >= 0.6 is 11.6 Å². The molecular weight excluding hydrogens is 474 g/mol. The first-order valence-electron chi connectivity index (χ1n) is 10.7. The number of aromatic hydroxyl groups is 1. The van der Waals surface area contributed by atoms with Crippen LogP contribution in [0.5, 0.6) is 17.2 Å². The summed E-state index contributed by atoms with van der Waals surface area (Å²) in [6.45, 7) is 0.311. The molecular formula is C25H24ClN3O6. The Hall–Kier alpha value is -3.82. The Morgan fingerprint density at radius 1 is 0.971 bits per heavy atom. The lowest BCUT2D eigenvalue weighted by atomic mass is 9.97. The van der Waals surface area contributed by atoms with E-state index < -0.39 is 5.56 Å². The first-order chi connectivity index (χ1) is 17.0. The highest BCUT2D eigenvalue weighted by atomic mass is 35.5. The molecule has 0 aliphatic carbocycles. The van der Waals surface area contributed by atoms with Gasteiger partial charge in [-0.25, -0.2) is 0 Å². The minimum atomic E-state index is -0.576. The first-order valence-corrected chi connectivity index (χ1v) is 11.1. The van der Waals surface area contributed by atoms with Gasteiger partial charge in [-0.15, -0.1) is 10.2 Å². The fraction of sp³-hybridized carbons (Fsp3) is 0.240. The van der Waals surface area contributed by atoms with Crippen molar-refractivity contribution in [3.05, 3.63) is 75.0 Å². The number of pyridine rings is 1. The maximum Gasteiger partial charge on any atom is 0.264 e. The second-order valence-electron chi connectivity index (χ2n) is 7.62. The van der Waals surface area contributed by atoms with Gasteiger partial charge in [0, 0.05) is 24.2 Å². The Bertz CT molecular complexity index is 1360. The van der Waals surface area contributed by atoms with Crippen molar-refractivity contribution in [2.75, 3.05) is 27.9 Å². The van der Waals surface area contributed by atoms with Crippen LogP contribution in [-0.4, -0.2) is 48.2 Å². The van der Waals surface area contributed by atoms with Crippen molar-refractivity contribution in [2.24, 2.45) is 0 Å². The Labute approximate surface area is 206 Å². The summed E-state index contributed by atoms with van der Waals surface area (Å²) in [6, 6.07) is 12.4. The van der Waals surface area contributed by atoms with Crippen molar-refractivity contribution in [1.29, 1.82) is 0 Å². The lowest BCUT2D eigenvalue weighted by Gasteiger charge is -2.18. The molecule has 9 nitrogen and oxygen atoms in total. The van der Waals surface area contributed by atoms with Crippen LogP contribution in [0.3, 0.4) is 0 Å². The molecule has 182 valence electrons. The van der Waals surface area contributed by atoms with E-state index in [0.717, 1.165) is 5.56 Å². The van der Waals surface area contributed by atoms with Gasteiger partial charge in [0.2, 0.25) is 5.89 Å². The molecule has 35 heavy (non-hydrogen) atoms. The van der Waals surface area contributed by atoms with E-state index in [4.69, 9.17) is 30.2 Å². The van der Waals surface area contributed by atoms with Crippen molar-refractivity contribution in [3.63, 3.8) is 0 Å². The quantitative estimate of drug-likeness (QED) is 0.352. The highest BCUT2D eigenvalue weighted by Gasteiger charge is 2.27. The van der Waals surface area contributed by atoms with E-state index in [1.54, 1.807) is 37.4 Å². The van der Waals surface area contributed by atoms with Crippen LogP contribution in [0.2, 0.25) is 5.02 Å². The standard InChI is InChI=1S/C25H24ClN3O6/c1-32-12-11-16-20(21-17(33-2)5-4-6-18(21)34-3)23(30)22(24(31)27-16)25-29-28-19(35-25)13-14-7-9-15(26)10-8-14/h4-10H,11-13H2,1-3H3,(H2,27,30,31). The lowest BCUT2D eigenvalue weighted by molar-refractivity contribution is 0.201. The molecule has 0 unspecified atom stereocenters. The Kier molecular flexibility index (Phi) is 7.38. The minimum absolute atomic E-state index is 0.110. The van der Waals surface area contributed by atoms with Crippen LogP contribution in [0, 0.1) is 0 Å². The van der Waals surface area contributed by atoms with Gasteiger partial charge in [0.25, 0.3) is 11.4 Å². The first kappa shape index (κ1) is 24.3. The number of hydrogen-bond donors (Lipinski definition) is 2. The highest BCUT2D eigenvalue weighted by Crippen LogP contribution is 2.46. The van der Waals surface area contributed by atoms with Gasteiger partial charge in [0.15, 0.2) is 0 Å². The number of halogens is 1. The predicted octanol–water partition coefficient (Wildman–Crippen LogP) is 4.25. The molecule has 0 amide bonds. The summed E-state index contributed by atoms with van der Waals surface area (Å²) in [6.07, 6.45) is 0.656. The molecule has 2 aromatic carbocycles. The monoisotopic (exact) mass is 497 g/mol. The Morgan fingerprint density at radius 2 is 1.66 bits per heavy atom. The molecule has 0 saturated carbocycles. The predicted molar refractivity (Wildman–Crippen MR) is 130 cm³/mol. The zero-order valence-electron chi connectivity index (χ0n) is 19.4. The molecule has 0 bridgehead atoms. The number of hydrogen-bond acceptors (Lipinski definition) is 8. The number of aromatic nitrogens is 3. The van der Waals surface area contributed by atoms with Crippen molar-refractivity contribution in [2.45, 2.75) is 12.8 Å². The summed E-state index contributed by atoms with van der Waals surface area (Å²) in [5, 5.41) is 20.1. The maximum atomic E-state index is 13.1. The summed E-state index contributed by atoms with van der Waals surface area (Å²) in [5.41, 5.74) is 1.42. The molecule has 0 aliphatic heterocycles. The summed E-state index contributed by atoms with van der Waals surface area (Å²) < 4.78 is 22.0. The highest BCUT2D eigenvalue weighted by molar-refractivity contribution is 6.30. The molecule has 2 heterocycles. The molecule has 0 atom stereocenters. The van der Waals surface area contributed by atoms with Crippen LogP contribution in [0.15, 0.2) is 51.7 Å². The number of methoxy groups -OCH3 is 3. The van der Waals surface area contributed by atoms with Crippen LogP contribution < -0.4 is 15.0 Å². The number of nitrogens with zero attached hydrogens (tertiary/aromatic N) is 2. The lowest BCUT2D eigenvalue weighted by Crippen LogP contribution is -2.15. The number of H-pyrrole nitrogens is 1. The smallest absolute Gasteiger partial charge is 0.264 e. The molecule has 4 aromatic rings. The van der Waals surface area contributed by atoms with Gasteiger partial charge >= 0.3 is 0 Å². The number of benzene rings is 2. The molecule has 2 aromatic heterocycles. The topological polar surface area (TPSA) is 120 Å². The van der Waals surface area contributed by atoms with Gasteiger partial charge in [0.1, 0.15) is 22.8 Å². The zero-order valence-corrected chi connectivity index (χ0v) is 20.2. The Morgan fingerprint density at radius 3 is 2.29 bits per heavy atom. The van der Waals surface area contributed by atoms with E-state index in [-0.39, 0.29) is 23.1 Å². The third-order valence-corrected chi connectivity index (χ3v) is 5.70. The van der Waals surface area contributed by atoms with E-state index in [0.29, 0.717) is 52.8 Å². The van der Waals surface area contributed by atoms with Gasteiger partial charge in [-0.1, -0.05) is 29.8 Å². The molecule has 10 heteroatoms. The van der Waals surface area contributed by atoms with E-state index in [1.807, 2.05) is 12.1 Å². The van der Waals surface area contributed by atoms with E-state index in [9.17, 15) is 9.90 Å². The number of ether oxygens (including phenoxy) is 3. The van der Waals surface area contributed by atoms with Gasteiger partial charge in [-0.2, -0.15) is 0 Å². The largest absolute Gasteiger partial charge is 0.506 e. The number of aromatic amines is 1. The van der Waals surface area contributed by atoms with Gasteiger partial charge in [-0.3, -0.25) is 4.79 Å².